The first-order valence-corrected chi connectivity index (χ1v) is 4.84. The summed E-state index contributed by atoms with van der Waals surface area (Å²) in [5.41, 5.74) is 6.34. The van der Waals surface area contributed by atoms with Gasteiger partial charge < -0.3 is 18.7 Å². The Hall–Kier alpha value is -1.04. The molecule has 0 spiro atoms. The van der Waals surface area contributed by atoms with Gasteiger partial charge >= 0.3 is 6.98 Å². The van der Waals surface area contributed by atoms with E-state index in [0.717, 1.165) is 18.4 Å². The lowest BCUT2D eigenvalue weighted by molar-refractivity contribution is 0.467. The molecule has 1 fully saturated rings. The Morgan fingerprint density at radius 2 is 2.07 bits per heavy atom. The van der Waals surface area contributed by atoms with Gasteiger partial charge in [-0.15, -0.1) is 0 Å². The summed E-state index contributed by atoms with van der Waals surface area (Å²) in [6, 6.07) is 3.17. The Kier molecular flexibility index (Phi) is 2.26. The molecule has 2 nitrogen and oxygen atoms in total. The Morgan fingerprint density at radius 1 is 1.40 bits per heavy atom. The summed E-state index contributed by atoms with van der Waals surface area (Å²) in [4.78, 5) is 3.71. The molecule has 82 valence electrons. The van der Waals surface area contributed by atoms with Crippen LogP contribution in [-0.4, -0.2) is 12.0 Å². The molecule has 1 saturated carbocycles. The maximum Gasteiger partial charge on any atom is 0.484 e. The van der Waals surface area contributed by atoms with Crippen LogP contribution in [0, 0.1) is 0 Å². The standard InChI is InChI=1S/C9H11BF3N2/c11-10(12,13)6-8-5-7(1-4-15-8)9(14)2-3-9/h1,4-5H,2-3,6,14H2/q-1. The molecule has 0 radical (unpaired) electrons. The van der Waals surface area contributed by atoms with Gasteiger partial charge in [0.05, 0.1) is 0 Å². The fourth-order valence-corrected chi connectivity index (χ4v) is 1.56. The summed E-state index contributed by atoms with van der Waals surface area (Å²) in [6.45, 7) is -4.82. The van der Waals surface area contributed by atoms with Crippen molar-refractivity contribution in [1.82, 2.24) is 4.98 Å². The lowest BCUT2D eigenvalue weighted by atomic mass is 9.83. The smallest absolute Gasteiger partial charge is 0.449 e. The van der Waals surface area contributed by atoms with E-state index < -0.39 is 18.8 Å². The normalized spacial score (nSPS) is 18.9. The van der Waals surface area contributed by atoms with Gasteiger partial charge in [0, 0.05) is 17.4 Å². The van der Waals surface area contributed by atoms with E-state index in [1.165, 1.54) is 12.3 Å². The number of pyridine rings is 1. The van der Waals surface area contributed by atoms with Gasteiger partial charge in [0.2, 0.25) is 0 Å². The van der Waals surface area contributed by atoms with E-state index in [4.69, 9.17) is 5.73 Å². The van der Waals surface area contributed by atoms with Crippen molar-refractivity contribution in [2.24, 2.45) is 5.73 Å². The molecule has 0 amide bonds. The lowest BCUT2D eigenvalue weighted by Gasteiger charge is -2.15. The highest BCUT2D eigenvalue weighted by Crippen LogP contribution is 2.42. The van der Waals surface area contributed by atoms with E-state index in [1.807, 2.05) is 0 Å². The molecule has 1 aliphatic rings. The number of hydrogen-bond acceptors (Lipinski definition) is 2. The third-order valence-electron chi connectivity index (χ3n) is 2.62. The molecule has 1 aromatic heterocycles. The van der Waals surface area contributed by atoms with Crippen LogP contribution in [0.15, 0.2) is 18.3 Å². The van der Waals surface area contributed by atoms with Crippen molar-refractivity contribution >= 4 is 6.98 Å². The number of hydrogen-bond donors (Lipinski definition) is 1. The highest BCUT2D eigenvalue weighted by atomic mass is 19.4. The van der Waals surface area contributed by atoms with E-state index in [-0.39, 0.29) is 5.69 Å². The fraction of sp³-hybridized carbons (Fsp3) is 0.444. The maximum atomic E-state index is 12.2. The minimum Gasteiger partial charge on any atom is -0.449 e. The van der Waals surface area contributed by atoms with Crippen LogP contribution < -0.4 is 5.73 Å². The van der Waals surface area contributed by atoms with E-state index in [1.54, 1.807) is 6.07 Å². The summed E-state index contributed by atoms with van der Waals surface area (Å²) >= 11 is 0. The molecule has 6 heteroatoms. The van der Waals surface area contributed by atoms with Crippen LogP contribution in [0.25, 0.3) is 0 Å². The average molecular weight is 215 g/mol. The van der Waals surface area contributed by atoms with Crippen LogP contribution in [0.3, 0.4) is 0 Å². The molecule has 0 saturated heterocycles. The average Bonchev–Trinajstić information content (AvgIpc) is 2.82. The van der Waals surface area contributed by atoms with Crippen LogP contribution in [0.5, 0.6) is 0 Å². The molecular weight excluding hydrogens is 204 g/mol. The van der Waals surface area contributed by atoms with E-state index in [2.05, 4.69) is 4.98 Å². The van der Waals surface area contributed by atoms with Crippen LogP contribution in [-0.2, 0) is 11.9 Å². The van der Waals surface area contributed by atoms with Crippen LogP contribution in [0.4, 0.5) is 12.9 Å². The largest absolute Gasteiger partial charge is 0.484 e. The molecule has 0 aromatic carbocycles. The number of nitrogens with zero attached hydrogens (tertiary/aromatic N) is 1. The van der Waals surface area contributed by atoms with E-state index in [9.17, 15) is 12.9 Å². The van der Waals surface area contributed by atoms with Crippen molar-refractivity contribution in [2.75, 3.05) is 0 Å². The molecule has 15 heavy (non-hydrogen) atoms. The van der Waals surface area contributed by atoms with Gasteiger partial charge in [0.1, 0.15) is 0 Å². The van der Waals surface area contributed by atoms with Crippen LogP contribution >= 0.6 is 0 Å². The topological polar surface area (TPSA) is 38.9 Å². The molecular formula is C9H11BF3N2-. The third-order valence-corrected chi connectivity index (χ3v) is 2.62. The van der Waals surface area contributed by atoms with Gasteiger partial charge in [-0.25, -0.2) is 0 Å². The quantitative estimate of drug-likeness (QED) is 0.782. The second-order valence-electron chi connectivity index (χ2n) is 4.11. The van der Waals surface area contributed by atoms with Gasteiger partial charge in [0.15, 0.2) is 0 Å². The maximum absolute atomic E-state index is 12.2. The highest BCUT2D eigenvalue weighted by Gasteiger charge is 2.40. The molecule has 0 unspecified atom stereocenters. The first-order chi connectivity index (χ1) is 6.89. The SMILES string of the molecule is NC1(c2ccnc(C[B-](F)(F)F)c2)CC1. The number of nitrogens with two attached hydrogens (primary N) is 1. The molecule has 0 aliphatic heterocycles. The number of halogens is 3. The van der Waals surface area contributed by atoms with Crippen molar-refractivity contribution in [3.8, 4) is 0 Å². The van der Waals surface area contributed by atoms with Crippen molar-refractivity contribution in [1.29, 1.82) is 0 Å². The van der Waals surface area contributed by atoms with Crippen molar-refractivity contribution < 1.29 is 12.9 Å². The summed E-state index contributed by atoms with van der Waals surface area (Å²) in [5, 5.41) is 0. The molecule has 2 N–H and O–H groups in total. The zero-order valence-electron chi connectivity index (χ0n) is 8.09. The highest BCUT2D eigenvalue weighted by molar-refractivity contribution is 6.57. The summed E-state index contributed by atoms with van der Waals surface area (Å²) < 4.78 is 36.5. The fourth-order valence-electron chi connectivity index (χ4n) is 1.56. The second kappa shape index (κ2) is 3.23. The third kappa shape index (κ3) is 2.50. The zero-order chi connectivity index (χ0) is 11.1. The summed E-state index contributed by atoms with van der Waals surface area (Å²) in [7, 11) is 0. The predicted molar refractivity (Wildman–Crippen MR) is 52.1 cm³/mol. The van der Waals surface area contributed by atoms with Gasteiger partial charge in [-0.05, 0) is 36.9 Å². The van der Waals surface area contributed by atoms with E-state index in [0.29, 0.717) is 0 Å². The van der Waals surface area contributed by atoms with Gasteiger partial charge in [-0.3, -0.25) is 4.98 Å². The number of rotatable bonds is 3. The van der Waals surface area contributed by atoms with Crippen molar-refractivity contribution in [3.05, 3.63) is 29.6 Å². The Labute approximate surface area is 85.7 Å². The molecule has 1 aromatic rings. The van der Waals surface area contributed by atoms with Gasteiger partial charge in [-0.2, -0.15) is 0 Å². The second-order valence-corrected chi connectivity index (χ2v) is 4.11. The molecule has 2 rings (SSSR count). The zero-order valence-corrected chi connectivity index (χ0v) is 8.09. The predicted octanol–water partition coefficient (Wildman–Crippen LogP) is 1.96. The minimum absolute atomic E-state index is 0.0664. The van der Waals surface area contributed by atoms with E-state index >= 15 is 0 Å². The Morgan fingerprint density at radius 3 is 2.60 bits per heavy atom. The summed E-state index contributed by atoms with van der Waals surface area (Å²) in [5.74, 6) is 0. The van der Waals surface area contributed by atoms with Crippen molar-refractivity contribution in [2.45, 2.75) is 24.7 Å². The lowest BCUT2D eigenvalue weighted by Crippen LogP contribution is -2.22. The van der Waals surface area contributed by atoms with Crippen LogP contribution in [0.1, 0.15) is 24.1 Å². The molecule has 1 heterocycles. The van der Waals surface area contributed by atoms with Gasteiger partial charge in [-0.1, -0.05) is 0 Å². The molecule has 1 aliphatic carbocycles. The molecule has 0 bridgehead atoms. The van der Waals surface area contributed by atoms with Crippen molar-refractivity contribution in [3.63, 3.8) is 0 Å². The Balaban J connectivity index is 2.20. The Bertz CT molecular complexity index is 374. The molecule has 0 atom stereocenters. The first kappa shape index (κ1) is 10.5. The number of aromatic nitrogens is 1. The monoisotopic (exact) mass is 215 g/mol. The first-order valence-electron chi connectivity index (χ1n) is 4.84. The minimum atomic E-state index is -4.82. The summed E-state index contributed by atoms with van der Waals surface area (Å²) in [6.07, 6.45) is 2.16. The van der Waals surface area contributed by atoms with Crippen LogP contribution in [0.2, 0.25) is 0 Å². The van der Waals surface area contributed by atoms with Gasteiger partial charge in [0.25, 0.3) is 0 Å².